The molecule has 0 aliphatic rings. The Morgan fingerprint density at radius 3 is 2.65 bits per heavy atom. The van der Waals surface area contributed by atoms with Crippen LogP contribution in [-0.2, 0) is 15.1 Å². The lowest BCUT2D eigenvalue weighted by Crippen LogP contribution is -2.43. The topological polar surface area (TPSA) is 95.5 Å². The van der Waals surface area contributed by atoms with Crippen molar-refractivity contribution >= 4 is 11.7 Å². The van der Waals surface area contributed by atoms with Crippen LogP contribution in [0.2, 0.25) is 0 Å². The van der Waals surface area contributed by atoms with E-state index in [2.05, 4.69) is 0 Å². The molecule has 0 saturated carbocycles. The zero-order valence-corrected chi connectivity index (χ0v) is 9.67. The molecule has 0 aliphatic heterocycles. The summed E-state index contributed by atoms with van der Waals surface area (Å²) in [6, 6.07) is 5.87. The summed E-state index contributed by atoms with van der Waals surface area (Å²) in [6.45, 7) is 3.22. The minimum Gasteiger partial charge on any atom is -0.464 e. The molecule has 0 saturated heterocycles. The molecule has 0 fully saturated rings. The van der Waals surface area contributed by atoms with E-state index >= 15 is 0 Å². The Morgan fingerprint density at radius 2 is 2.12 bits per heavy atom. The van der Waals surface area contributed by atoms with E-state index in [1.54, 1.807) is 13.0 Å². The molecule has 2 N–H and O–H groups in total. The molecule has 92 valence electrons. The Kier molecular flexibility index (Phi) is 3.80. The third-order valence-corrected chi connectivity index (χ3v) is 2.36. The van der Waals surface area contributed by atoms with Gasteiger partial charge in [0.25, 0.3) is 5.69 Å². The zero-order valence-electron chi connectivity index (χ0n) is 9.67. The number of hydrogen-bond acceptors (Lipinski definition) is 5. The largest absolute Gasteiger partial charge is 0.464 e. The Bertz CT molecular complexity index is 443. The van der Waals surface area contributed by atoms with Crippen LogP contribution < -0.4 is 5.73 Å². The summed E-state index contributed by atoms with van der Waals surface area (Å²) in [5.41, 5.74) is 4.25. The van der Waals surface area contributed by atoms with Gasteiger partial charge in [-0.3, -0.25) is 10.1 Å². The van der Waals surface area contributed by atoms with E-state index in [1.165, 1.54) is 25.1 Å². The predicted octanol–water partition coefficient (Wildman–Crippen LogP) is 1.33. The fourth-order valence-corrected chi connectivity index (χ4v) is 1.46. The van der Waals surface area contributed by atoms with Gasteiger partial charge in [-0.1, -0.05) is 12.1 Å². The summed E-state index contributed by atoms with van der Waals surface area (Å²) in [5.74, 6) is -0.686. The molecule has 6 nitrogen and oxygen atoms in total. The maximum absolute atomic E-state index is 11.7. The van der Waals surface area contributed by atoms with Crippen LogP contribution in [0.3, 0.4) is 0 Å². The van der Waals surface area contributed by atoms with Gasteiger partial charge in [-0.25, -0.2) is 4.79 Å². The smallest absolute Gasteiger partial charge is 0.330 e. The first-order valence-corrected chi connectivity index (χ1v) is 5.11. The van der Waals surface area contributed by atoms with Gasteiger partial charge in [0, 0.05) is 6.07 Å². The highest BCUT2D eigenvalue weighted by Gasteiger charge is 2.37. The van der Waals surface area contributed by atoms with Crippen molar-refractivity contribution in [2.45, 2.75) is 19.4 Å². The van der Waals surface area contributed by atoms with Crippen LogP contribution in [-0.4, -0.2) is 17.5 Å². The summed E-state index contributed by atoms with van der Waals surface area (Å²) in [6.07, 6.45) is 0. The number of ether oxygens (including phenoxy) is 1. The SMILES string of the molecule is CCOC(=O)[C@@](C)(N)c1ccccc1[N+](=O)[O-]. The van der Waals surface area contributed by atoms with Gasteiger partial charge in [0.15, 0.2) is 0 Å². The Labute approximate surface area is 98.5 Å². The van der Waals surface area contributed by atoms with Crippen LogP contribution in [0, 0.1) is 10.1 Å². The minimum atomic E-state index is -1.53. The summed E-state index contributed by atoms with van der Waals surface area (Å²) in [5, 5.41) is 10.8. The molecular formula is C11H14N2O4. The van der Waals surface area contributed by atoms with Gasteiger partial charge in [0.2, 0.25) is 0 Å². The molecule has 1 rings (SSSR count). The number of rotatable bonds is 4. The second kappa shape index (κ2) is 4.92. The molecule has 1 atom stereocenters. The maximum Gasteiger partial charge on any atom is 0.330 e. The molecule has 17 heavy (non-hydrogen) atoms. The fourth-order valence-electron chi connectivity index (χ4n) is 1.46. The number of carbonyl (C=O) groups excluding carboxylic acids is 1. The predicted molar refractivity (Wildman–Crippen MR) is 61.3 cm³/mol. The molecule has 0 spiro atoms. The van der Waals surface area contributed by atoms with Gasteiger partial charge in [0.1, 0.15) is 5.54 Å². The molecular weight excluding hydrogens is 224 g/mol. The summed E-state index contributed by atoms with van der Waals surface area (Å²) < 4.78 is 4.81. The van der Waals surface area contributed by atoms with Crippen LogP contribution >= 0.6 is 0 Å². The quantitative estimate of drug-likeness (QED) is 0.485. The molecule has 1 aromatic carbocycles. The van der Waals surface area contributed by atoms with Crippen molar-refractivity contribution in [1.82, 2.24) is 0 Å². The van der Waals surface area contributed by atoms with Crippen molar-refractivity contribution in [3.8, 4) is 0 Å². The first-order valence-electron chi connectivity index (χ1n) is 5.11. The van der Waals surface area contributed by atoms with E-state index in [0.717, 1.165) is 0 Å². The molecule has 0 bridgehead atoms. The third kappa shape index (κ3) is 2.59. The highest BCUT2D eigenvalue weighted by molar-refractivity contribution is 5.83. The average molecular weight is 238 g/mol. The zero-order chi connectivity index (χ0) is 13.1. The first-order chi connectivity index (χ1) is 7.91. The van der Waals surface area contributed by atoms with Gasteiger partial charge in [-0.2, -0.15) is 0 Å². The van der Waals surface area contributed by atoms with E-state index in [1.807, 2.05) is 0 Å². The van der Waals surface area contributed by atoms with Gasteiger partial charge in [0.05, 0.1) is 17.1 Å². The van der Waals surface area contributed by atoms with Crippen LogP contribution in [0.4, 0.5) is 5.69 Å². The number of nitro benzene ring substituents is 1. The lowest BCUT2D eigenvalue weighted by atomic mass is 9.92. The van der Waals surface area contributed by atoms with Crippen molar-refractivity contribution in [2.75, 3.05) is 6.61 Å². The second-order valence-electron chi connectivity index (χ2n) is 3.70. The number of benzene rings is 1. The molecule has 6 heteroatoms. The lowest BCUT2D eigenvalue weighted by Gasteiger charge is -2.22. The number of para-hydroxylation sites is 1. The van der Waals surface area contributed by atoms with Crippen LogP contribution in [0.15, 0.2) is 24.3 Å². The van der Waals surface area contributed by atoms with Crippen LogP contribution in [0.25, 0.3) is 0 Å². The van der Waals surface area contributed by atoms with E-state index in [4.69, 9.17) is 10.5 Å². The standard InChI is InChI=1S/C11H14N2O4/c1-3-17-10(14)11(2,12)8-6-4-5-7-9(8)13(15)16/h4-7H,3,12H2,1-2H3/t11-/m0/s1. The van der Waals surface area contributed by atoms with Crippen molar-refractivity contribution in [2.24, 2.45) is 5.73 Å². The monoisotopic (exact) mass is 238 g/mol. The minimum absolute atomic E-state index is 0.142. The number of nitro groups is 1. The van der Waals surface area contributed by atoms with Crippen molar-refractivity contribution in [3.05, 3.63) is 39.9 Å². The second-order valence-corrected chi connectivity index (χ2v) is 3.70. The molecule has 1 aromatic rings. The summed E-state index contributed by atoms with van der Waals surface area (Å²) in [7, 11) is 0. The Balaban J connectivity index is 3.23. The molecule has 0 radical (unpaired) electrons. The highest BCUT2D eigenvalue weighted by Crippen LogP contribution is 2.28. The Morgan fingerprint density at radius 1 is 1.53 bits per heavy atom. The average Bonchev–Trinajstić information content (AvgIpc) is 2.29. The first kappa shape index (κ1) is 13.1. The number of nitrogens with two attached hydrogens (primary N) is 1. The third-order valence-electron chi connectivity index (χ3n) is 2.36. The Hall–Kier alpha value is -1.95. The molecule has 0 amide bonds. The molecule has 0 aliphatic carbocycles. The number of hydrogen-bond donors (Lipinski definition) is 1. The van der Waals surface area contributed by atoms with Crippen molar-refractivity contribution in [3.63, 3.8) is 0 Å². The van der Waals surface area contributed by atoms with E-state index < -0.39 is 16.4 Å². The van der Waals surface area contributed by atoms with E-state index in [-0.39, 0.29) is 17.9 Å². The molecule has 0 aromatic heterocycles. The van der Waals surface area contributed by atoms with Crippen LogP contribution in [0.1, 0.15) is 19.4 Å². The highest BCUT2D eigenvalue weighted by atomic mass is 16.6. The number of esters is 1. The number of carbonyl (C=O) groups is 1. The lowest BCUT2D eigenvalue weighted by molar-refractivity contribution is -0.386. The van der Waals surface area contributed by atoms with Gasteiger partial charge in [-0.15, -0.1) is 0 Å². The molecule has 0 heterocycles. The van der Waals surface area contributed by atoms with Crippen molar-refractivity contribution in [1.29, 1.82) is 0 Å². The van der Waals surface area contributed by atoms with Gasteiger partial charge >= 0.3 is 5.97 Å². The summed E-state index contributed by atoms with van der Waals surface area (Å²) in [4.78, 5) is 21.9. The van der Waals surface area contributed by atoms with Crippen molar-refractivity contribution < 1.29 is 14.5 Å². The van der Waals surface area contributed by atoms with E-state index in [0.29, 0.717) is 0 Å². The maximum atomic E-state index is 11.7. The van der Waals surface area contributed by atoms with Crippen LogP contribution in [0.5, 0.6) is 0 Å². The number of nitrogens with zero attached hydrogens (tertiary/aromatic N) is 1. The molecule has 0 unspecified atom stereocenters. The fraction of sp³-hybridized carbons (Fsp3) is 0.364. The van der Waals surface area contributed by atoms with E-state index in [9.17, 15) is 14.9 Å². The van der Waals surface area contributed by atoms with Gasteiger partial charge < -0.3 is 10.5 Å². The van der Waals surface area contributed by atoms with Gasteiger partial charge in [-0.05, 0) is 19.9 Å². The normalized spacial score (nSPS) is 13.8. The summed E-state index contributed by atoms with van der Waals surface area (Å²) >= 11 is 0.